The van der Waals surface area contributed by atoms with Crippen LogP contribution in [0, 0.1) is 20.8 Å². The number of hydrogen-bond acceptors (Lipinski definition) is 6. The van der Waals surface area contributed by atoms with Crippen LogP contribution in [0.25, 0.3) is 17.2 Å². The lowest BCUT2D eigenvalue weighted by Gasteiger charge is -2.04. The van der Waals surface area contributed by atoms with Crippen LogP contribution in [0.1, 0.15) is 27.1 Å². The molecule has 0 aliphatic carbocycles. The van der Waals surface area contributed by atoms with Crippen molar-refractivity contribution in [3.05, 3.63) is 50.3 Å². The number of aromatic nitrogens is 6. The van der Waals surface area contributed by atoms with Crippen molar-refractivity contribution >= 4 is 22.7 Å². The average molecular weight is 356 g/mol. The third-order valence-electron chi connectivity index (χ3n) is 3.87. The molecule has 4 aromatic rings. The monoisotopic (exact) mass is 356 g/mol. The van der Waals surface area contributed by atoms with E-state index >= 15 is 0 Å². The van der Waals surface area contributed by atoms with E-state index in [2.05, 4.69) is 55.4 Å². The molecule has 4 rings (SSSR count). The van der Waals surface area contributed by atoms with Crippen molar-refractivity contribution in [1.29, 1.82) is 0 Å². The Kier molecular flexibility index (Phi) is 3.78. The van der Waals surface area contributed by atoms with Crippen molar-refractivity contribution in [2.45, 2.75) is 27.2 Å². The highest BCUT2D eigenvalue weighted by atomic mass is 32.1. The van der Waals surface area contributed by atoms with Crippen LogP contribution < -0.4 is 0 Å². The number of H-pyrrole nitrogens is 1. The Morgan fingerprint density at radius 2 is 2.00 bits per heavy atom. The molecule has 0 aromatic carbocycles. The summed E-state index contributed by atoms with van der Waals surface area (Å²) in [6.07, 6.45) is 2.31. The Labute approximate surface area is 147 Å². The first-order valence-corrected chi connectivity index (χ1v) is 9.28. The maximum Gasteiger partial charge on any atom is 0.229 e. The second kappa shape index (κ2) is 5.95. The van der Waals surface area contributed by atoms with Gasteiger partial charge in [0, 0.05) is 34.1 Å². The molecule has 24 heavy (non-hydrogen) atoms. The molecule has 0 fully saturated rings. The molecule has 0 saturated carbocycles. The number of hydrogen-bond donors (Lipinski definition) is 1. The van der Waals surface area contributed by atoms with Gasteiger partial charge in [-0.2, -0.15) is 10.1 Å². The molecule has 0 bridgehead atoms. The van der Waals surface area contributed by atoms with Gasteiger partial charge in [-0.25, -0.2) is 15.1 Å². The van der Waals surface area contributed by atoms with Crippen LogP contribution in [0.4, 0.5) is 0 Å². The first-order chi connectivity index (χ1) is 11.6. The number of rotatable bonds is 4. The Balaban J connectivity index is 1.66. The summed E-state index contributed by atoms with van der Waals surface area (Å²) in [5.74, 6) is 0.727. The number of aromatic amines is 1. The van der Waals surface area contributed by atoms with E-state index in [9.17, 15) is 0 Å². The van der Waals surface area contributed by atoms with Crippen LogP contribution in [0.3, 0.4) is 0 Å². The molecule has 0 spiro atoms. The van der Waals surface area contributed by atoms with Gasteiger partial charge < -0.3 is 0 Å². The predicted molar refractivity (Wildman–Crippen MR) is 95.9 cm³/mol. The number of nitrogens with one attached hydrogen (secondary N) is 1. The summed E-state index contributed by atoms with van der Waals surface area (Å²) in [4.78, 5) is 13.6. The first kappa shape index (κ1) is 15.2. The molecule has 4 aromatic heterocycles. The number of nitrogens with zero attached hydrogens (tertiary/aromatic N) is 5. The van der Waals surface area contributed by atoms with Crippen LogP contribution in [0.5, 0.6) is 0 Å². The van der Waals surface area contributed by atoms with E-state index in [0.717, 1.165) is 50.7 Å². The van der Waals surface area contributed by atoms with Crippen LogP contribution in [-0.2, 0) is 6.42 Å². The summed E-state index contributed by atoms with van der Waals surface area (Å²) >= 11 is 3.36. The van der Waals surface area contributed by atoms with Gasteiger partial charge in [-0.15, -0.1) is 22.7 Å². The normalized spacial score (nSPS) is 11.3. The van der Waals surface area contributed by atoms with Gasteiger partial charge in [-0.3, -0.25) is 4.57 Å². The molecule has 0 aliphatic rings. The van der Waals surface area contributed by atoms with E-state index < -0.39 is 0 Å². The second-order valence-electron chi connectivity index (χ2n) is 5.59. The average Bonchev–Trinajstić information content (AvgIpc) is 3.30. The Morgan fingerprint density at radius 3 is 2.71 bits per heavy atom. The summed E-state index contributed by atoms with van der Waals surface area (Å²) in [6.45, 7) is 6.16. The number of thiazole rings is 2. The molecule has 8 heteroatoms. The minimum atomic E-state index is 0.727. The fourth-order valence-electron chi connectivity index (χ4n) is 2.81. The Bertz CT molecular complexity index is 976. The minimum absolute atomic E-state index is 0.727. The van der Waals surface area contributed by atoms with E-state index in [1.807, 2.05) is 6.92 Å². The largest absolute Gasteiger partial charge is 0.287 e. The van der Waals surface area contributed by atoms with Gasteiger partial charge in [0.15, 0.2) is 0 Å². The van der Waals surface area contributed by atoms with Gasteiger partial charge in [0.25, 0.3) is 0 Å². The summed E-state index contributed by atoms with van der Waals surface area (Å²) in [7, 11) is 0. The summed E-state index contributed by atoms with van der Waals surface area (Å²) < 4.78 is 2.06. The van der Waals surface area contributed by atoms with Gasteiger partial charge in [0.1, 0.15) is 6.33 Å². The molecule has 0 amide bonds. The summed E-state index contributed by atoms with van der Waals surface area (Å²) in [5.41, 5.74) is 5.42. The van der Waals surface area contributed by atoms with Gasteiger partial charge in [0.05, 0.1) is 21.4 Å². The van der Waals surface area contributed by atoms with Crippen molar-refractivity contribution in [2.75, 3.05) is 0 Å². The fraction of sp³-hybridized carbons (Fsp3) is 0.250. The number of aryl methyl sites for hydroxylation is 2. The second-order valence-corrected chi connectivity index (χ2v) is 7.60. The van der Waals surface area contributed by atoms with E-state index in [1.54, 1.807) is 22.7 Å². The van der Waals surface area contributed by atoms with Crippen molar-refractivity contribution in [3.63, 3.8) is 0 Å². The molecule has 0 radical (unpaired) electrons. The SMILES string of the molecule is Cc1nc(Cc2nc(-c3cc(C)n(-c4ncn[nH]4)c3C)cs2)cs1. The third-order valence-corrected chi connectivity index (χ3v) is 5.54. The summed E-state index contributed by atoms with van der Waals surface area (Å²) in [6, 6.07) is 2.14. The molecule has 122 valence electrons. The van der Waals surface area contributed by atoms with Gasteiger partial charge in [-0.1, -0.05) is 0 Å². The van der Waals surface area contributed by atoms with Gasteiger partial charge in [-0.05, 0) is 26.8 Å². The summed E-state index contributed by atoms with van der Waals surface area (Å²) in [5, 5.41) is 13.2. The molecular formula is C16H16N6S2. The quantitative estimate of drug-likeness (QED) is 0.605. The maximum absolute atomic E-state index is 4.81. The highest BCUT2D eigenvalue weighted by Gasteiger charge is 2.16. The van der Waals surface area contributed by atoms with Crippen LogP contribution >= 0.6 is 22.7 Å². The Morgan fingerprint density at radius 1 is 1.12 bits per heavy atom. The lowest BCUT2D eigenvalue weighted by molar-refractivity contribution is 0.879. The smallest absolute Gasteiger partial charge is 0.229 e. The molecule has 0 atom stereocenters. The van der Waals surface area contributed by atoms with Crippen molar-refractivity contribution < 1.29 is 0 Å². The molecule has 1 N–H and O–H groups in total. The third kappa shape index (κ3) is 2.67. The highest BCUT2D eigenvalue weighted by Crippen LogP contribution is 2.30. The molecule has 0 saturated heterocycles. The predicted octanol–water partition coefficient (Wildman–Crippen LogP) is 3.69. The zero-order chi connectivity index (χ0) is 16.7. The lowest BCUT2D eigenvalue weighted by Crippen LogP contribution is -2.01. The lowest BCUT2D eigenvalue weighted by atomic mass is 10.2. The molecule has 6 nitrogen and oxygen atoms in total. The molecule has 4 heterocycles. The standard InChI is InChI=1S/C16H16N6S2/c1-9-4-13(10(2)22(9)16-17-8-18-21-16)14-7-24-15(20-14)5-12-6-23-11(3)19-12/h4,6-8H,5H2,1-3H3,(H,17,18,21). The molecule has 0 aliphatic heterocycles. The fourth-order valence-corrected chi connectivity index (χ4v) is 4.24. The van der Waals surface area contributed by atoms with Crippen molar-refractivity contribution in [3.8, 4) is 17.2 Å². The van der Waals surface area contributed by atoms with Crippen LogP contribution in [0.2, 0.25) is 0 Å². The van der Waals surface area contributed by atoms with Crippen LogP contribution in [0.15, 0.2) is 23.2 Å². The van der Waals surface area contributed by atoms with Crippen LogP contribution in [-0.4, -0.2) is 29.7 Å². The van der Waals surface area contributed by atoms with E-state index in [4.69, 9.17) is 4.98 Å². The molecule has 0 unspecified atom stereocenters. The van der Waals surface area contributed by atoms with Gasteiger partial charge in [0.2, 0.25) is 5.95 Å². The highest BCUT2D eigenvalue weighted by molar-refractivity contribution is 7.10. The zero-order valence-electron chi connectivity index (χ0n) is 13.6. The van der Waals surface area contributed by atoms with Gasteiger partial charge >= 0.3 is 0 Å². The maximum atomic E-state index is 4.81. The first-order valence-electron chi connectivity index (χ1n) is 7.52. The van der Waals surface area contributed by atoms with E-state index in [0.29, 0.717) is 0 Å². The molecular weight excluding hydrogens is 340 g/mol. The van der Waals surface area contributed by atoms with Crippen molar-refractivity contribution in [1.82, 2.24) is 29.7 Å². The van der Waals surface area contributed by atoms with E-state index in [1.165, 1.54) is 6.33 Å². The topological polar surface area (TPSA) is 72.3 Å². The Hall–Kier alpha value is -2.32. The zero-order valence-corrected chi connectivity index (χ0v) is 15.2. The minimum Gasteiger partial charge on any atom is -0.287 e. The van der Waals surface area contributed by atoms with Crippen molar-refractivity contribution in [2.24, 2.45) is 0 Å². The van der Waals surface area contributed by atoms with E-state index in [-0.39, 0.29) is 0 Å².